The Labute approximate surface area is 187 Å². The van der Waals surface area contributed by atoms with Crippen LogP contribution in [0.4, 0.5) is 0 Å². The minimum Gasteiger partial charge on any atom is -0.348 e. The predicted molar refractivity (Wildman–Crippen MR) is 124 cm³/mol. The molecule has 0 atom stereocenters. The first-order valence-electron chi connectivity index (χ1n) is 12.1. The van der Waals surface area contributed by atoms with Gasteiger partial charge < -0.3 is 9.47 Å². The van der Waals surface area contributed by atoms with E-state index in [1.807, 2.05) is 24.3 Å². The molecule has 1 heterocycles. The number of nitriles is 1. The molecule has 0 radical (unpaired) electrons. The molecule has 2 fully saturated rings. The Kier molecular flexibility index (Phi) is 7.78. The van der Waals surface area contributed by atoms with Crippen molar-refractivity contribution in [3.05, 3.63) is 70.8 Å². The standard InChI is InChI=1S/C28H35NO2/c1-2-3-4-5-21-6-10-23(11-7-21)24-14-16-25(17-15-24)27-19-30-28(31-20-27)26-12-8-22(18-29)9-13-26/h8-9,12-17,21,23,27-28H,2-7,10-11,19-20H2,1H3. The SMILES string of the molecule is CCCCCC1CCC(c2ccc(C3COC(c4ccc(C#N)cc4)OC3)cc2)CC1. The Hall–Kier alpha value is -2.15. The van der Waals surface area contributed by atoms with Gasteiger partial charge in [0, 0.05) is 11.5 Å². The van der Waals surface area contributed by atoms with Gasteiger partial charge in [-0.3, -0.25) is 0 Å². The van der Waals surface area contributed by atoms with E-state index in [0.29, 0.717) is 18.8 Å². The van der Waals surface area contributed by atoms with E-state index in [2.05, 4.69) is 37.3 Å². The molecule has 1 saturated heterocycles. The number of rotatable bonds is 7. The summed E-state index contributed by atoms with van der Waals surface area (Å²) in [5.41, 5.74) is 4.43. The van der Waals surface area contributed by atoms with Crippen LogP contribution in [0.15, 0.2) is 48.5 Å². The molecule has 4 rings (SSSR count). The van der Waals surface area contributed by atoms with Crippen LogP contribution in [0.5, 0.6) is 0 Å². The molecule has 1 aliphatic carbocycles. The summed E-state index contributed by atoms with van der Waals surface area (Å²) in [6.07, 6.45) is 10.7. The zero-order valence-corrected chi connectivity index (χ0v) is 18.8. The van der Waals surface area contributed by atoms with Crippen molar-refractivity contribution in [1.82, 2.24) is 0 Å². The molecule has 2 aromatic carbocycles. The van der Waals surface area contributed by atoms with Gasteiger partial charge in [-0.2, -0.15) is 5.26 Å². The molecule has 0 unspecified atom stereocenters. The highest BCUT2D eigenvalue weighted by Crippen LogP contribution is 2.38. The summed E-state index contributed by atoms with van der Waals surface area (Å²) < 4.78 is 12.0. The number of ether oxygens (including phenoxy) is 2. The van der Waals surface area contributed by atoms with Crippen LogP contribution in [0.2, 0.25) is 0 Å². The zero-order chi connectivity index (χ0) is 21.5. The molecule has 0 bridgehead atoms. The maximum absolute atomic E-state index is 8.94. The van der Waals surface area contributed by atoms with E-state index in [1.54, 1.807) is 0 Å². The quantitative estimate of drug-likeness (QED) is 0.446. The third kappa shape index (κ3) is 5.76. The average Bonchev–Trinajstić information content (AvgIpc) is 2.85. The molecule has 2 aliphatic rings. The van der Waals surface area contributed by atoms with E-state index in [1.165, 1.54) is 62.5 Å². The fourth-order valence-corrected chi connectivity index (χ4v) is 5.11. The van der Waals surface area contributed by atoms with Crippen molar-refractivity contribution >= 4 is 0 Å². The minimum atomic E-state index is -0.337. The van der Waals surface area contributed by atoms with E-state index in [9.17, 15) is 0 Å². The molecule has 3 nitrogen and oxygen atoms in total. The van der Waals surface area contributed by atoms with Gasteiger partial charge >= 0.3 is 0 Å². The van der Waals surface area contributed by atoms with Crippen molar-refractivity contribution in [2.75, 3.05) is 13.2 Å². The summed E-state index contributed by atoms with van der Waals surface area (Å²) in [7, 11) is 0. The number of nitrogens with zero attached hydrogens (tertiary/aromatic N) is 1. The lowest BCUT2D eigenvalue weighted by Crippen LogP contribution is -2.25. The van der Waals surface area contributed by atoms with Gasteiger partial charge in [-0.05, 0) is 60.8 Å². The van der Waals surface area contributed by atoms with E-state index >= 15 is 0 Å². The van der Waals surface area contributed by atoms with Crippen LogP contribution in [0.25, 0.3) is 0 Å². The molecule has 31 heavy (non-hydrogen) atoms. The highest BCUT2D eigenvalue weighted by atomic mass is 16.7. The summed E-state index contributed by atoms with van der Waals surface area (Å²) in [4.78, 5) is 0. The van der Waals surface area contributed by atoms with Gasteiger partial charge in [-0.1, -0.05) is 69.0 Å². The van der Waals surface area contributed by atoms with Crippen LogP contribution in [-0.4, -0.2) is 13.2 Å². The number of hydrogen-bond donors (Lipinski definition) is 0. The van der Waals surface area contributed by atoms with Crippen LogP contribution in [-0.2, 0) is 9.47 Å². The van der Waals surface area contributed by atoms with Gasteiger partial charge in [0.25, 0.3) is 0 Å². The molecule has 0 N–H and O–H groups in total. The minimum absolute atomic E-state index is 0.276. The topological polar surface area (TPSA) is 42.2 Å². The van der Waals surface area contributed by atoms with Gasteiger partial charge in [0.1, 0.15) is 0 Å². The van der Waals surface area contributed by atoms with Gasteiger partial charge in [-0.25, -0.2) is 0 Å². The van der Waals surface area contributed by atoms with Crippen molar-refractivity contribution in [2.24, 2.45) is 5.92 Å². The Morgan fingerprint density at radius 3 is 1.94 bits per heavy atom. The van der Waals surface area contributed by atoms with Crippen LogP contribution < -0.4 is 0 Å². The van der Waals surface area contributed by atoms with Crippen LogP contribution in [0, 0.1) is 17.2 Å². The van der Waals surface area contributed by atoms with Gasteiger partial charge in [0.15, 0.2) is 6.29 Å². The molecule has 3 heteroatoms. The summed E-state index contributed by atoms with van der Waals surface area (Å²) in [6.45, 7) is 3.61. The van der Waals surface area contributed by atoms with Crippen LogP contribution in [0.1, 0.15) is 98.7 Å². The highest BCUT2D eigenvalue weighted by molar-refractivity contribution is 5.32. The maximum Gasteiger partial charge on any atom is 0.183 e. The lowest BCUT2D eigenvalue weighted by atomic mass is 9.77. The third-order valence-corrected chi connectivity index (χ3v) is 7.15. The monoisotopic (exact) mass is 417 g/mol. The molecule has 164 valence electrons. The molecular formula is C28H35NO2. The molecule has 1 aliphatic heterocycles. The Balaban J connectivity index is 1.26. The van der Waals surface area contributed by atoms with Gasteiger partial charge in [0.05, 0.1) is 24.8 Å². The molecule has 2 aromatic rings. The molecule has 0 spiro atoms. The molecular weight excluding hydrogens is 382 g/mol. The van der Waals surface area contributed by atoms with Crippen LogP contribution >= 0.6 is 0 Å². The summed E-state index contributed by atoms with van der Waals surface area (Å²) in [6, 6.07) is 18.8. The van der Waals surface area contributed by atoms with Crippen LogP contribution in [0.3, 0.4) is 0 Å². The zero-order valence-electron chi connectivity index (χ0n) is 18.8. The van der Waals surface area contributed by atoms with Crippen molar-refractivity contribution in [3.63, 3.8) is 0 Å². The van der Waals surface area contributed by atoms with Crippen molar-refractivity contribution in [3.8, 4) is 6.07 Å². The van der Waals surface area contributed by atoms with Gasteiger partial charge in [0.2, 0.25) is 0 Å². The normalized spacial score (nSPS) is 26.3. The average molecular weight is 418 g/mol. The second-order valence-corrected chi connectivity index (χ2v) is 9.31. The number of unbranched alkanes of at least 4 members (excludes halogenated alkanes) is 2. The van der Waals surface area contributed by atoms with E-state index in [0.717, 1.165) is 17.4 Å². The highest BCUT2D eigenvalue weighted by Gasteiger charge is 2.26. The Morgan fingerprint density at radius 2 is 1.35 bits per heavy atom. The second kappa shape index (κ2) is 10.9. The van der Waals surface area contributed by atoms with E-state index < -0.39 is 0 Å². The lowest BCUT2D eigenvalue weighted by molar-refractivity contribution is -0.191. The Bertz CT molecular complexity index is 836. The first-order chi connectivity index (χ1) is 15.3. The summed E-state index contributed by atoms with van der Waals surface area (Å²) in [5, 5.41) is 8.94. The lowest BCUT2D eigenvalue weighted by Gasteiger charge is -2.31. The smallest absolute Gasteiger partial charge is 0.183 e. The second-order valence-electron chi connectivity index (χ2n) is 9.31. The number of hydrogen-bond acceptors (Lipinski definition) is 3. The predicted octanol–water partition coefficient (Wildman–Crippen LogP) is 7.24. The molecule has 0 aromatic heterocycles. The third-order valence-electron chi connectivity index (χ3n) is 7.15. The Morgan fingerprint density at radius 1 is 0.774 bits per heavy atom. The van der Waals surface area contributed by atoms with Crippen molar-refractivity contribution in [2.45, 2.75) is 76.4 Å². The van der Waals surface area contributed by atoms with Gasteiger partial charge in [-0.15, -0.1) is 0 Å². The first kappa shape index (κ1) is 22.1. The fourth-order valence-electron chi connectivity index (χ4n) is 5.11. The van der Waals surface area contributed by atoms with Crippen molar-refractivity contribution < 1.29 is 9.47 Å². The molecule has 0 amide bonds. The van der Waals surface area contributed by atoms with E-state index in [-0.39, 0.29) is 12.2 Å². The first-order valence-corrected chi connectivity index (χ1v) is 12.1. The number of benzene rings is 2. The van der Waals surface area contributed by atoms with Crippen molar-refractivity contribution in [1.29, 1.82) is 5.26 Å². The summed E-state index contributed by atoms with van der Waals surface area (Å²) >= 11 is 0. The summed E-state index contributed by atoms with van der Waals surface area (Å²) in [5.74, 6) is 1.97. The van der Waals surface area contributed by atoms with E-state index in [4.69, 9.17) is 14.7 Å². The fraction of sp³-hybridized carbons (Fsp3) is 0.536. The maximum atomic E-state index is 8.94. The largest absolute Gasteiger partial charge is 0.348 e. The molecule has 1 saturated carbocycles.